The average molecular weight is 402 g/mol. The van der Waals surface area contributed by atoms with E-state index >= 15 is 0 Å². The van der Waals surface area contributed by atoms with E-state index in [-0.39, 0.29) is 12.1 Å². The van der Waals surface area contributed by atoms with Gasteiger partial charge in [-0.15, -0.1) is 0 Å². The van der Waals surface area contributed by atoms with Crippen LogP contribution in [-0.2, 0) is 16.0 Å². The molecule has 4 amide bonds. The lowest BCUT2D eigenvalue weighted by molar-refractivity contribution is -0.135. The Morgan fingerprint density at radius 3 is 2.03 bits per heavy atom. The number of rotatable bonds is 8. The van der Waals surface area contributed by atoms with Crippen molar-refractivity contribution in [2.24, 2.45) is 0 Å². The molecule has 30 heavy (non-hydrogen) atoms. The van der Waals surface area contributed by atoms with Crippen LogP contribution in [0.5, 0.6) is 0 Å². The molecule has 2 aromatic rings. The van der Waals surface area contributed by atoms with E-state index in [1.165, 1.54) is 15.9 Å². The third kappa shape index (κ3) is 5.11. The highest BCUT2D eigenvalue weighted by Crippen LogP contribution is 2.19. The van der Waals surface area contributed by atoms with Gasteiger partial charge in [-0.2, -0.15) is 0 Å². The highest BCUT2D eigenvalue weighted by Gasteiger charge is 2.41. The van der Waals surface area contributed by atoms with Gasteiger partial charge >= 0.3 is 6.03 Å². The predicted octanol–water partition coefficient (Wildman–Crippen LogP) is 4.46. The molecule has 5 heteroatoms. The fourth-order valence-electron chi connectivity index (χ4n) is 3.26. The number of hydrogen-bond donors (Lipinski definition) is 0. The third-order valence-corrected chi connectivity index (χ3v) is 4.97. The zero-order chi connectivity index (χ0) is 21.3. The maximum Gasteiger partial charge on any atom is 0.333 e. The quantitative estimate of drug-likeness (QED) is 0.484. The fraction of sp³-hybridized carbons (Fsp3) is 0.240. The number of carbonyl (C=O) groups is 3. The Labute approximate surface area is 177 Å². The minimum atomic E-state index is -0.536. The average Bonchev–Trinajstić information content (AvgIpc) is 2.77. The summed E-state index contributed by atoms with van der Waals surface area (Å²) in [6, 6.07) is 18.8. The topological polar surface area (TPSA) is 57.7 Å². The first-order valence-electron chi connectivity index (χ1n) is 10.3. The van der Waals surface area contributed by atoms with Gasteiger partial charge in [0.15, 0.2) is 0 Å². The second-order valence-electron chi connectivity index (χ2n) is 7.14. The highest BCUT2D eigenvalue weighted by molar-refractivity contribution is 6.28. The predicted molar refractivity (Wildman–Crippen MR) is 117 cm³/mol. The van der Waals surface area contributed by atoms with Gasteiger partial charge in [0.1, 0.15) is 5.57 Å². The SMILES string of the molecule is CCCCN1C(=O)C(=CC=Cc2ccccc2)C(=O)N(CCc2ccccc2)C1=O. The number of barbiturate groups is 1. The number of imide groups is 2. The molecular weight excluding hydrogens is 376 g/mol. The van der Waals surface area contributed by atoms with E-state index in [0.29, 0.717) is 19.4 Å². The molecule has 1 fully saturated rings. The second-order valence-corrected chi connectivity index (χ2v) is 7.14. The Balaban J connectivity index is 1.83. The number of nitrogens with zero attached hydrogens (tertiary/aromatic N) is 2. The zero-order valence-corrected chi connectivity index (χ0v) is 17.2. The van der Waals surface area contributed by atoms with E-state index in [0.717, 1.165) is 17.5 Å². The molecule has 0 saturated carbocycles. The van der Waals surface area contributed by atoms with Gasteiger partial charge in [0.25, 0.3) is 11.8 Å². The van der Waals surface area contributed by atoms with Crippen molar-refractivity contribution in [2.75, 3.05) is 13.1 Å². The van der Waals surface area contributed by atoms with Crippen LogP contribution >= 0.6 is 0 Å². The van der Waals surface area contributed by atoms with Gasteiger partial charge in [0, 0.05) is 13.1 Å². The first-order chi connectivity index (χ1) is 14.6. The second kappa shape index (κ2) is 10.3. The van der Waals surface area contributed by atoms with E-state index in [1.807, 2.05) is 73.7 Å². The van der Waals surface area contributed by atoms with Crippen molar-refractivity contribution in [3.05, 3.63) is 89.5 Å². The summed E-state index contributed by atoms with van der Waals surface area (Å²) in [5.74, 6) is -1.06. The molecule has 5 nitrogen and oxygen atoms in total. The molecular formula is C25H26N2O3. The molecule has 0 aromatic heterocycles. The summed E-state index contributed by atoms with van der Waals surface area (Å²) in [7, 11) is 0. The number of allylic oxidation sites excluding steroid dienone is 2. The van der Waals surface area contributed by atoms with Gasteiger partial charge < -0.3 is 0 Å². The molecule has 1 saturated heterocycles. The monoisotopic (exact) mass is 402 g/mol. The summed E-state index contributed by atoms with van der Waals surface area (Å²) in [6.45, 7) is 2.54. The summed E-state index contributed by atoms with van der Waals surface area (Å²) in [5.41, 5.74) is 2.01. The first-order valence-corrected chi connectivity index (χ1v) is 10.3. The number of carbonyl (C=O) groups excluding carboxylic acids is 3. The van der Waals surface area contributed by atoms with Crippen LogP contribution in [0.3, 0.4) is 0 Å². The molecule has 0 atom stereocenters. The first kappa shape index (κ1) is 21.2. The lowest BCUT2D eigenvalue weighted by atomic mass is 10.1. The lowest BCUT2D eigenvalue weighted by Crippen LogP contribution is -2.56. The molecule has 0 bridgehead atoms. The minimum Gasteiger partial charge on any atom is -0.268 e. The van der Waals surface area contributed by atoms with Crippen molar-refractivity contribution in [3.8, 4) is 0 Å². The van der Waals surface area contributed by atoms with Crippen molar-refractivity contribution in [1.82, 2.24) is 9.80 Å². The fourth-order valence-corrected chi connectivity index (χ4v) is 3.26. The Morgan fingerprint density at radius 2 is 1.40 bits per heavy atom. The van der Waals surface area contributed by atoms with Crippen LogP contribution in [0, 0.1) is 0 Å². The van der Waals surface area contributed by atoms with E-state index in [4.69, 9.17) is 0 Å². The molecule has 2 aromatic carbocycles. The summed E-state index contributed by atoms with van der Waals surface area (Å²) < 4.78 is 0. The molecule has 154 valence electrons. The summed E-state index contributed by atoms with van der Waals surface area (Å²) in [5, 5.41) is 0. The number of benzene rings is 2. The maximum atomic E-state index is 13.0. The van der Waals surface area contributed by atoms with Crippen molar-refractivity contribution in [3.63, 3.8) is 0 Å². The third-order valence-electron chi connectivity index (χ3n) is 4.97. The molecule has 0 radical (unpaired) electrons. The van der Waals surface area contributed by atoms with Gasteiger partial charge in [-0.1, -0.05) is 86.2 Å². The van der Waals surface area contributed by atoms with Crippen molar-refractivity contribution >= 4 is 23.9 Å². The summed E-state index contributed by atoms with van der Waals surface area (Å²) in [6.07, 6.45) is 7.12. The zero-order valence-electron chi connectivity index (χ0n) is 17.2. The number of urea groups is 1. The van der Waals surface area contributed by atoms with Gasteiger partial charge in [0.2, 0.25) is 0 Å². The van der Waals surface area contributed by atoms with Crippen LogP contribution in [0.25, 0.3) is 6.08 Å². The molecule has 3 rings (SSSR count). The number of amides is 4. The maximum absolute atomic E-state index is 13.0. The Bertz CT molecular complexity index is 949. The van der Waals surface area contributed by atoms with E-state index in [2.05, 4.69) is 0 Å². The molecule has 1 aliphatic rings. The van der Waals surface area contributed by atoms with Gasteiger partial charge in [-0.05, 0) is 30.0 Å². The Morgan fingerprint density at radius 1 is 0.800 bits per heavy atom. The van der Waals surface area contributed by atoms with Crippen LogP contribution in [0.4, 0.5) is 4.79 Å². The highest BCUT2D eigenvalue weighted by atomic mass is 16.2. The van der Waals surface area contributed by atoms with E-state index in [1.54, 1.807) is 6.08 Å². The smallest absolute Gasteiger partial charge is 0.268 e. The largest absolute Gasteiger partial charge is 0.333 e. The molecule has 0 unspecified atom stereocenters. The Hall–Kier alpha value is -3.47. The lowest BCUT2D eigenvalue weighted by Gasteiger charge is -2.34. The molecule has 1 heterocycles. The molecule has 0 aliphatic carbocycles. The van der Waals surface area contributed by atoms with Crippen molar-refractivity contribution in [2.45, 2.75) is 26.2 Å². The van der Waals surface area contributed by atoms with E-state index < -0.39 is 17.8 Å². The van der Waals surface area contributed by atoms with Gasteiger partial charge in [0.05, 0.1) is 0 Å². The van der Waals surface area contributed by atoms with Gasteiger partial charge in [-0.25, -0.2) is 4.79 Å². The molecule has 0 N–H and O–H groups in total. The number of unbranched alkanes of at least 4 members (excludes halogenated alkanes) is 1. The molecule has 0 spiro atoms. The number of hydrogen-bond acceptors (Lipinski definition) is 3. The van der Waals surface area contributed by atoms with Crippen LogP contribution in [0.2, 0.25) is 0 Å². The van der Waals surface area contributed by atoms with Crippen LogP contribution in [0.1, 0.15) is 30.9 Å². The van der Waals surface area contributed by atoms with E-state index in [9.17, 15) is 14.4 Å². The summed E-state index contributed by atoms with van der Waals surface area (Å²) in [4.78, 5) is 41.1. The molecule has 1 aliphatic heterocycles. The Kier molecular flexibility index (Phi) is 7.33. The van der Waals surface area contributed by atoms with Crippen molar-refractivity contribution in [1.29, 1.82) is 0 Å². The standard InChI is InChI=1S/C25H26N2O3/c1-2-3-18-26-23(28)22(16-10-15-20-11-6-4-7-12-20)24(29)27(25(26)30)19-17-21-13-8-5-9-14-21/h4-16H,2-3,17-19H2,1H3. The normalized spacial score (nSPS) is 16.2. The van der Waals surface area contributed by atoms with Crippen LogP contribution in [0.15, 0.2) is 78.4 Å². The van der Waals surface area contributed by atoms with Gasteiger partial charge in [-0.3, -0.25) is 19.4 Å². The minimum absolute atomic E-state index is 0.0194. The van der Waals surface area contributed by atoms with Crippen molar-refractivity contribution < 1.29 is 14.4 Å². The van der Waals surface area contributed by atoms with Crippen LogP contribution in [-0.4, -0.2) is 40.7 Å². The van der Waals surface area contributed by atoms with Crippen LogP contribution < -0.4 is 0 Å². The summed E-state index contributed by atoms with van der Waals surface area (Å²) >= 11 is 0.